The minimum absolute atomic E-state index is 0.326. The lowest BCUT2D eigenvalue weighted by molar-refractivity contribution is -0.928. The third-order valence-corrected chi connectivity index (χ3v) is 13.8. The predicted molar refractivity (Wildman–Crippen MR) is 194 cm³/mol. The van der Waals surface area contributed by atoms with Crippen LogP contribution in [0.1, 0.15) is 131 Å². The van der Waals surface area contributed by atoms with Crippen LogP contribution in [-0.4, -0.2) is 129 Å². The summed E-state index contributed by atoms with van der Waals surface area (Å²) in [6.45, 7) is 17.5. The zero-order chi connectivity index (χ0) is 36.7. The van der Waals surface area contributed by atoms with Crippen molar-refractivity contribution in [3.63, 3.8) is 0 Å². The van der Waals surface area contributed by atoms with Crippen LogP contribution in [-0.2, 0) is 19.1 Å². The lowest BCUT2D eigenvalue weighted by Crippen LogP contribution is -2.53. The van der Waals surface area contributed by atoms with Gasteiger partial charge in [-0.2, -0.15) is 0 Å². The molecule has 4 fully saturated rings. The van der Waals surface area contributed by atoms with Crippen molar-refractivity contribution in [1.29, 1.82) is 0 Å². The summed E-state index contributed by atoms with van der Waals surface area (Å²) in [4.78, 5) is 25.5. The van der Waals surface area contributed by atoms with Gasteiger partial charge in [-0.1, -0.05) is 53.4 Å². The summed E-state index contributed by atoms with van der Waals surface area (Å²) in [5.41, 5.74) is -3.72. The first-order valence-electron chi connectivity index (χ1n) is 20.5. The molecule has 10 nitrogen and oxygen atoms in total. The Morgan fingerprint density at radius 2 is 0.960 bits per heavy atom. The van der Waals surface area contributed by atoms with Gasteiger partial charge in [0.25, 0.3) is 0 Å². The first-order chi connectivity index (χ1) is 23.6. The fraction of sp³-hybridized carbons (Fsp3) is 0.950. The maximum Gasteiger partial charge on any atom is 0.341 e. The van der Waals surface area contributed by atoms with Crippen molar-refractivity contribution in [1.82, 2.24) is 0 Å². The fourth-order valence-electron chi connectivity index (χ4n) is 10.6. The van der Waals surface area contributed by atoms with Gasteiger partial charge >= 0.3 is 11.9 Å². The summed E-state index contributed by atoms with van der Waals surface area (Å²) in [5.74, 6) is -1.58. The monoisotopic (exact) mass is 711 g/mol. The van der Waals surface area contributed by atoms with E-state index in [2.05, 4.69) is 0 Å². The van der Waals surface area contributed by atoms with Crippen molar-refractivity contribution < 1.29 is 48.5 Å². The van der Waals surface area contributed by atoms with Gasteiger partial charge in [-0.15, -0.1) is 0 Å². The van der Waals surface area contributed by atoms with Crippen LogP contribution in [0.2, 0.25) is 0 Å². The first kappa shape index (κ1) is 41.5. The van der Waals surface area contributed by atoms with E-state index in [0.717, 1.165) is 25.9 Å². The fourth-order valence-corrected chi connectivity index (χ4v) is 10.6. The molecule has 4 N–H and O–H groups in total. The van der Waals surface area contributed by atoms with E-state index in [1.165, 1.54) is 126 Å². The summed E-state index contributed by atoms with van der Waals surface area (Å²) >= 11 is 0. The number of aliphatic hydroxyl groups is 4. The number of carbonyl (C=O) groups is 2. The molecule has 4 heterocycles. The normalized spacial score (nSPS) is 32.8. The topological polar surface area (TPSA) is 134 Å². The van der Waals surface area contributed by atoms with Crippen molar-refractivity contribution >= 4 is 11.9 Å². The summed E-state index contributed by atoms with van der Waals surface area (Å²) in [7, 11) is 0. The number of ether oxygens (including phenoxy) is 2. The number of hydrogen-bond acceptors (Lipinski definition) is 8. The van der Waals surface area contributed by atoms with Gasteiger partial charge in [0.1, 0.15) is 0 Å². The number of esters is 2. The molecule has 0 aromatic rings. The number of fused-ring (bicyclic) bond motifs is 2. The van der Waals surface area contributed by atoms with E-state index in [4.69, 9.17) is 9.47 Å². The van der Waals surface area contributed by atoms with E-state index in [0.29, 0.717) is 37.1 Å². The van der Waals surface area contributed by atoms with E-state index >= 15 is 0 Å². The molecule has 4 rings (SSSR count). The van der Waals surface area contributed by atoms with Crippen LogP contribution in [0.5, 0.6) is 0 Å². The molecule has 0 bridgehead atoms. The molecule has 0 spiro atoms. The van der Waals surface area contributed by atoms with Crippen molar-refractivity contribution in [2.75, 3.05) is 52.5 Å². The Hall–Kier alpha value is -1.30. The molecule has 0 unspecified atom stereocenters. The summed E-state index contributed by atoms with van der Waals surface area (Å²) in [6.07, 6.45) is 15.2. The number of hydrogen-bond donors (Lipinski definition) is 4. The molecule has 0 aromatic carbocycles. The van der Waals surface area contributed by atoms with Crippen LogP contribution < -0.4 is 0 Å². The van der Waals surface area contributed by atoms with E-state index in [9.17, 15) is 30.0 Å². The minimum atomic E-state index is -1.86. The molecular formula is C40H74N2O8+2. The molecular weight excluding hydrogens is 636 g/mol. The van der Waals surface area contributed by atoms with Crippen LogP contribution in [0, 0.1) is 23.7 Å². The summed E-state index contributed by atoms with van der Waals surface area (Å²) in [6, 6.07) is 1.34. The van der Waals surface area contributed by atoms with Crippen molar-refractivity contribution in [2.24, 2.45) is 23.7 Å². The lowest BCUT2D eigenvalue weighted by Gasteiger charge is -2.35. The summed E-state index contributed by atoms with van der Waals surface area (Å²) in [5, 5.41) is 41.7. The van der Waals surface area contributed by atoms with Gasteiger partial charge in [0.2, 0.25) is 0 Å². The number of carbonyl (C=O) groups excluding carboxylic acids is 2. The van der Waals surface area contributed by atoms with Gasteiger partial charge in [0, 0.05) is 50.4 Å². The molecule has 0 aliphatic carbocycles. The molecule has 0 aromatic heterocycles. The number of unbranched alkanes of at least 4 members (excludes halogenated alkanes) is 7. The predicted octanol–water partition coefficient (Wildman–Crippen LogP) is 4.73. The van der Waals surface area contributed by atoms with Crippen LogP contribution >= 0.6 is 0 Å². The molecule has 50 heavy (non-hydrogen) atoms. The third-order valence-electron chi connectivity index (χ3n) is 13.8. The van der Waals surface area contributed by atoms with Gasteiger partial charge < -0.3 is 38.9 Å². The number of rotatable bonds is 21. The highest BCUT2D eigenvalue weighted by atomic mass is 16.6. The minimum Gasteiger partial charge on any atom is -0.463 e. The molecule has 290 valence electrons. The zero-order valence-corrected chi connectivity index (χ0v) is 32.5. The third kappa shape index (κ3) is 9.07. The average Bonchev–Trinajstić information content (AvgIpc) is 3.80. The Morgan fingerprint density at radius 1 is 0.620 bits per heavy atom. The van der Waals surface area contributed by atoms with Gasteiger partial charge in [0.15, 0.2) is 11.2 Å². The van der Waals surface area contributed by atoms with E-state index in [1.807, 2.05) is 0 Å². The Labute approximate surface area is 303 Å². The second-order valence-electron chi connectivity index (χ2n) is 17.8. The van der Waals surface area contributed by atoms with Crippen LogP contribution in [0.25, 0.3) is 0 Å². The SMILES string of the molecule is CC(C)[C@](O)(C(=O)OC[C@@H]1C[C@@H]2CCC[N@+]2(CCCCCCCCCC[N@+]23CCC[C@@H]2C[C@H](COC(=O)[C@](O)(C(C)C)[C@@H](C)O)C3)C1)[C@@H](C)O. The molecule has 4 saturated heterocycles. The van der Waals surface area contributed by atoms with Crippen molar-refractivity contribution in [3.05, 3.63) is 0 Å². The van der Waals surface area contributed by atoms with Crippen molar-refractivity contribution in [2.45, 2.75) is 167 Å². The van der Waals surface area contributed by atoms with Gasteiger partial charge in [0.05, 0.1) is 76.8 Å². The highest BCUT2D eigenvalue weighted by Crippen LogP contribution is 2.41. The molecule has 0 amide bonds. The van der Waals surface area contributed by atoms with E-state index < -0.39 is 47.2 Å². The van der Waals surface area contributed by atoms with Crippen molar-refractivity contribution in [3.8, 4) is 0 Å². The zero-order valence-electron chi connectivity index (χ0n) is 32.5. The number of nitrogens with zero attached hydrogens (tertiary/aromatic N) is 2. The highest BCUT2D eigenvalue weighted by molar-refractivity contribution is 5.81. The first-order valence-corrected chi connectivity index (χ1v) is 20.5. The van der Waals surface area contributed by atoms with E-state index in [1.54, 1.807) is 27.7 Å². The molecule has 0 radical (unpaired) electrons. The molecule has 4 aliphatic heterocycles. The Balaban J connectivity index is 1.08. The Kier molecular flexibility index (Phi) is 14.7. The molecule has 0 saturated carbocycles. The Morgan fingerprint density at radius 3 is 1.28 bits per heavy atom. The number of aliphatic hydroxyl groups excluding tert-OH is 2. The van der Waals surface area contributed by atoms with Gasteiger partial charge in [-0.3, -0.25) is 0 Å². The maximum atomic E-state index is 12.7. The second kappa shape index (κ2) is 17.7. The smallest absolute Gasteiger partial charge is 0.341 e. The maximum absolute atomic E-state index is 12.7. The highest BCUT2D eigenvalue weighted by Gasteiger charge is 2.52. The van der Waals surface area contributed by atoms with E-state index in [-0.39, 0.29) is 0 Å². The summed E-state index contributed by atoms with van der Waals surface area (Å²) < 4.78 is 13.6. The number of quaternary nitrogens is 2. The largest absolute Gasteiger partial charge is 0.463 e. The molecule has 10 heteroatoms. The second-order valence-corrected chi connectivity index (χ2v) is 17.8. The lowest BCUT2D eigenvalue weighted by atomic mass is 9.85. The molecule has 4 aliphatic rings. The van der Waals surface area contributed by atoms with Gasteiger partial charge in [-0.25, -0.2) is 9.59 Å². The quantitative estimate of drug-likeness (QED) is 0.0764. The van der Waals surface area contributed by atoms with Crippen LogP contribution in [0.15, 0.2) is 0 Å². The average molecular weight is 711 g/mol. The van der Waals surface area contributed by atoms with Crippen LogP contribution in [0.3, 0.4) is 0 Å². The van der Waals surface area contributed by atoms with Gasteiger partial charge in [-0.05, 0) is 51.4 Å². The standard InChI is InChI=1S/C40H74N2O8/c1-29(2)39(47,31(5)43)37(45)49-27-33-23-35-17-15-21-41(35,25-33)19-13-11-9-7-8-10-12-14-20-42-22-16-18-36(42)24-34(26-42)28-50-38(46)40(48,30(3)4)32(6)44/h29-36,43-44,47-48H,7-28H2,1-6H3/q+2/t31-,32-,33-,34+,35+,36-,39-,40+,41-,42-/m1/s1. The van der Waals surface area contributed by atoms with Crippen LogP contribution in [0.4, 0.5) is 0 Å². The molecule has 10 atom stereocenters. The Bertz CT molecular complexity index is 997.